The van der Waals surface area contributed by atoms with E-state index in [2.05, 4.69) is 36.5 Å². The normalized spacial score (nSPS) is 20.7. The Kier molecular flexibility index (Phi) is 1.76. The molecule has 0 radical (unpaired) electrons. The first kappa shape index (κ1) is 6.66. The van der Waals surface area contributed by atoms with E-state index < -0.39 is 0 Å². The fraction of sp³-hybridized carbons (Fsp3) is 0.273. The van der Waals surface area contributed by atoms with Crippen molar-refractivity contribution in [2.45, 2.75) is 19.3 Å². The maximum Gasteiger partial charge on any atom is -0.00640 e. The minimum atomic E-state index is 1.13. The van der Waals surface area contributed by atoms with Crippen LogP contribution in [0.15, 0.2) is 47.6 Å². The summed E-state index contributed by atoms with van der Waals surface area (Å²) in [6.07, 6.45) is 16.8. The smallest absolute Gasteiger partial charge is 0.00640 e. The Morgan fingerprint density at radius 2 is 2.27 bits per heavy atom. The van der Waals surface area contributed by atoms with Crippen LogP contribution in [0.5, 0.6) is 0 Å². The van der Waals surface area contributed by atoms with Gasteiger partial charge in [-0.1, -0.05) is 42.0 Å². The highest BCUT2D eigenvalue weighted by Gasteiger charge is 2.03. The minimum absolute atomic E-state index is 1.13. The van der Waals surface area contributed by atoms with Gasteiger partial charge in [0.15, 0.2) is 0 Å². The van der Waals surface area contributed by atoms with Crippen molar-refractivity contribution in [3.63, 3.8) is 0 Å². The Balaban J connectivity index is 1.95. The SMILES string of the molecule is C1=CCC(CC2=CCC=C2)=C1. The van der Waals surface area contributed by atoms with E-state index in [1.165, 1.54) is 5.57 Å². The molecule has 0 amide bonds. The highest BCUT2D eigenvalue weighted by molar-refractivity contribution is 5.34. The average molecular weight is 144 g/mol. The van der Waals surface area contributed by atoms with Crippen LogP contribution in [-0.4, -0.2) is 0 Å². The second-order valence-electron chi connectivity index (χ2n) is 3.05. The Bertz CT molecular complexity index is 262. The predicted octanol–water partition coefficient (Wildman–Crippen LogP) is 3.15. The molecule has 0 atom stereocenters. The quantitative estimate of drug-likeness (QED) is 0.558. The third-order valence-electron chi connectivity index (χ3n) is 2.13. The van der Waals surface area contributed by atoms with E-state index in [4.69, 9.17) is 0 Å². The molecule has 0 fully saturated rings. The van der Waals surface area contributed by atoms with Crippen LogP contribution in [0.3, 0.4) is 0 Å². The molecule has 0 aromatic rings. The maximum absolute atomic E-state index is 2.30. The minimum Gasteiger partial charge on any atom is -0.0805 e. The molecule has 0 aromatic carbocycles. The molecule has 0 saturated carbocycles. The molecule has 0 bridgehead atoms. The first-order chi connectivity index (χ1) is 5.45. The van der Waals surface area contributed by atoms with Gasteiger partial charge in [-0.25, -0.2) is 0 Å². The number of hydrogen-bond acceptors (Lipinski definition) is 0. The van der Waals surface area contributed by atoms with Crippen LogP contribution in [0.25, 0.3) is 0 Å². The van der Waals surface area contributed by atoms with E-state index in [0.29, 0.717) is 0 Å². The molecule has 0 N–H and O–H groups in total. The van der Waals surface area contributed by atoms with Crippen LogP contribution in [-0.2, 0) is 0 Å². The molecule has 0 nitrogen and oxygen atoms in total. The number of hydrogen-bond donors (Lipinski definition) is 0. The summed E-state index contributed by atoms with van der Waals surface area (Å²) in [6, 6.07) is 0. The van der Waals surface area contributed by atoms with Crippen molar-refractivity contribution in [1.29, 1.82) is 0 Å². The summed E-state index contributed by atoms with van der Waals surface area (Å²) in [5, 5.41) is 0. The summed E-state index contributed by atoms with van der Waals surface area (Å²) in [6.45, 7) is 0. The molecule has 2 aliphatic rings. The average Bonchev–Trinajstić information content (AvgIpc) is 2.60. The van der Waals surface area contributed by atoms with E-state index in [0.717, 1.165) is 19.3 Å². The van der Waals surface area contributed by atoms with Gasteiger partial charge in [0.25, 0.3) is 0 Å². The molecule has 2 rings (SSSR count). The first-order valence-corrected chi connectivity index (χ1v) is 4.15. The second-order valence-corrected chi connectivity index (χ2v) is 3.05. The predicted molar refractivity (Wildman–Crippen MR) is 48.3 cm³/mol. The molecular weight excluding hydrogens is 132 g/mol. The molecule has 0 unspecified atom stereocenters. The number of rotatable bonds is 2. The lowest BCUT2D eigenvalue weighted by Crippen LogP contribution is -1.80. The molecule has 0 saturated heterocycles. The van der Waals surface area contributed by atoms with Crippen LogP contribution in [0, 0.1) is 0 Å². The van der Waals surface area contributed by atoms with Gasteiger partial charge in [0.1, 0.15) is 0 Å². The van der Waals surface area contributed by atoms with E-state index in [1.54, 1.807) is 5.57 Å². The Morgan fingerprint density at radius 3 is 2.91 bits per heavy atom. The van der Waals surface area contributed by atoms with E-state index in [-0.39, 0.29) is 0 Å². The lowest BCUT2D eigenvalue weighted by Gasteiger charge is -1.99. The summed E-state index contributed by atoms with van der Waals surface area (Å²) >= 11 is 0. The number of allylic oxidation sites excluding steroid dienone is 8. The molecule has 0 aliphatic heterocycles. The third-order valence-corrected chi connectivity index (χ3v) is 2.13. The Morgan fingerprint density at radius 1 is 1.27 bits per heavy atom. The van der Waals surface area contributed by atoms with Gasteiger partial charge in [0.2, 0.25) is 0 Å². The lowest BCUT2D eigenvalue weighted by atomic mass is 10.1. The van der Waals surface area contributed by atoms with Crippen LogP contribution in [0.2, 0.25) is 0 Å². The topological polar surface area (TPSA) is 0 Å². The molecule has 2 aliphatic carbocycles. The highest BCUT2D eigenvalue weighted by atomic mass is 14.1. The van der Waals surface area contributed by atoms with Crippen LogP contribution in [0.4, 0.5) is 0 Å². The van der Waals surface area contributed by atoms with Crippen molar-refractivity contribution in [2.75, 3.05) is 0 Å². The zero-order valence-corrected chi connectivity index (χ0v) is 6.59. The van der Waals surface area contributed by atoms with Crippen LogP contribution >= 0.6 is 0 Å². The Labute approximate surface area is 67.6 Å². The van der Waals surface area contributed by atoms with Gasteiger partial charge in [-0.05, 0) is 24.8 Å². The van der Waals surface area contributed by atoms with Gasteiger partial charge in [-0.2, -0.15) is 0 Å². The molecule has 0 spiro atoms. The lowest BCUT2D eigenvalue weighted by molar-refractivity contribution is 1.09. The highest BCUT2D eigenvalue weighted by Crippen LogP contribution is 2.22. The second kappa shape index (κ2) is 2.91. The van der Waals surface area contributed by atoms with Crippen LogP contribution in [0.1, 0.15) is 19.3 Å². The summed E-state index contributed by atoms with van der Waals surface area (Å²) < 4.78 is 0. The maximum atomic E-state index is 2.30. The largest absolute Gasteiger partial charge is 0.0805 e. The fourth-order valence-corrected chi connectivity index (χ4v) is 1.52. The first-order valence-electron chi connectivity index (χ1n) is 4.15. The van der Waals surface area contributed by atoms with Crippen molar-refractivity contribution in [3.05, 3.63) is 47.6 Å². The van der Waals surface area contributed by atoms with Crippen molar-refractivity contribution in [1.82, 2.24) is 0 Å². The molecule has 56 valence electrons. The van der Waals surface area contributed by atoms with E-state index >= 15 is 0 Å². The van der Waals surface area contributed by atoms with Crippen molar-refractivity contribution >= 4 is 0 Å². The Hall–Kier alpha value is -1.04. The molecule has 11 heavy (non-hydrogen) atoms. The van der Waals surface area contributed by atoms with Gasteiger partial charge in [0.05, 0.1) is 0 Å². The van der Waals surface area contributed by atoms with Gasteiger partial charge in [-0.3, -0.25) is 0 Å². The molecule has 0 heterocycles. The fourth-order valence-electron chi connectivity index (χ4n) is 1.52. The molecule has 0 aromatic heterocycles. The standard InChI is InChI=1S/C11H12/c1-2-6-10(5-1)9-11-7-3-4-8-11/h1-3,5,7-8H,4,6,9H2. The van der Waals surface area contributed by atoms with Gasteiger partial charge < -0.3 is 0 Å². The molecular formula is C11H12. The van der Waals surface area contributed by atoms with E-state index in [1.807, 2.05) is 0 Å². The monoisotopic (exact) mass is 144 g/mol. The van der Waals surface area contributed by atoms with Gasteiger partial charge in [-0.15, -0.1) is 0 Å². The van der Waals surface area contributed by atoms with Crippen molar-refractivity contribution in [2.24, 2.45) is 0 Å². The summed E-state index contributed by atoms with van der Waals surface area (Å²) in [5.74, 6) is 0. The zero-order chi connectivity index (χ0) is 7.52. The summed E-state index contributed by atoms with van der Waals surface area (Å²) in [7, 11) is 0. The van der Waals surface area contributed by atoms with E-state index in [9.17, 15) is 0 Å². The molecule has 0 heteroatoms. The van der Waals surface area contributed by atoms with Crippen LogP contribution < -0.4 is 0 Å². The third kappa shape index (κ3) is 1.51. The summed E-state index contributed by atoms with van der Waals surface area (Å²) in [4.78, 5) is 0. The van der Waals surface area contributed by atoms with Gasteiger partial charge in [0, 0.05) is 0 Å². The van der Waals surface area contributed by atoms with Gasteiger partial charge >= 0.3 is 0 Å². The zero-order valence-electron chi connectivity index (χ0n) is 6.59. The van der Waals surface area contributed by atoms with Crippen molar-refractivity contribution < 1.29 is 0 Å². The van der Waals surface area contributed by atoms with Crippen molar-refractivity contribution in [3.8, 4) is 0 Å². The summed E-state index contributed by atoms with van der Waals surface area (Å²) in [5.41, 5.74) is 3.03.